The third-order valence-corrected chi connectivity index (χ3v) is 12.5. The standard InChI is InChI=1S/C43H76N2O14/c1-24-21-29(19-20-46)39(59-42-37(49)36(45(9)10)38(27(4)56-42)58-35-23-43(6,51)41(50)28(5)55-35)40(52-11)31(47)22-33(48)53-25(2)15-13-12-14-16-32(24)57-34-18-17-30(44(7)8)26(3)54-34/h12-14,16,24-32,34-42,46-47,49-51H,15,17-23H2,1-11H3/b13-12+,16-14+/t24-,25-,26-,27-,28+,29+,30+,31-,32+,34+,35+,36-,37-,38-,39+,40?,41+,42+,43-/m1/s1. The first kappa shape index (κ1) is 50.0. The fourth-order valence-corrected chi connectivity index (χ4v) is 9.19. The van der Waals surface area contributed by atoms with E-state index in [1.165, 1.54) is 14.0 Å². The molecule has 3 fully saturated rings. The number of aliphatic hydroxyl groups is 5. The highest BCUT2D eigenvalue weighted by Gasteiger charge is 2.52. The Balaban J connectivity index is 1.66. The zero-order chi connectivity index (χ0) is 43.8. The van der Waals surface area contributed by atoms with Crippen LogP contribution in [0.1, 0.15) is 86.5 Å². The van der Waals surface area contributed by atoms with Crippen molar-refractivity contribution in [3.8, 4) is 0 Å². The summed E-state index contributed by atoms with van der Waals surface area (Å²) >= 11 is 0. The zero-order valence-corrected chi connectivity index (χ0v) is 37.2. The Hall–Kier alpha value is -1.61. The predicted molar refractivity (Wildman–Crippen MR) is 218 cm³/mol. The average molecular weight is 845 g/mol. The van der Waals surface area contributed by atoms with Crippen molar-refractivity contribution >= 4 is 5.97 Å². The molecule has 0 aromatic heterocycles. The van der Waals surface area contributed by atoms with Crippen LogP contribution >= 0.6 is 0 Å². The van der Waals surface area contributed by atoms with E-state index >= 15 is 0 Å². The maximum atomic E-state index is 13.1. The maximum absolute atomic E-state index is 13.1. The number of cyclic esters (lactones) is 1. The van der Waals surface area contributed by atoms with E-state index in [0.717, 1.165) is 6.42 Å². The van der Waals surface area contributed by atoms with E-state index in [1.54, 1.807) is 39.8 Å². The molecule has 0 bridgehead atoms. The summed E-state index contributed by atoms with van der Waals surface area (Å²) in [6.45, 7) is 10.6. The van der Waals surface area contributed by atoms with Crippen molar-refractivity contribution in [1.82, 2.24) is 9.80 Å². The molecular weight excluding hydrogens is 768 g/mol. The molecule has 0 radical (unpaired) electrons. The molecule has 16 nitrogen and oxygen atoms in total. The molecule has 4 aliphatic heterocycles. The van der Waals surface area contributed by atoms with Crippen molar-refractivity contribution in [3.05, 3.63) is 24.3 Å². The summed E-state index contributed by atoms with van der Waals surface area (Å²) in [5.74, 6) is -1.28. The molecule has 1 unspecified atom stereocenters. The number of carbonyl (C=O) groups is 1. The molecule has 16 heteroatoms. The molecule has 3 saturated heterocycles. The van der Waals surface area contributed by atoms with Gasteiger partial charge in [-0.15, -0.1) is 0 Å². The first-order chi connectivity index (χ1) is 27.8. The summed E-state index contributed by atoms with van der Waals surface area (Å²) < 4.78 is 50.2. The minimum Gasteiger partial charge on any atom is -0.462 e. The van der Waals surface area contributed by atoms with Crippen LogP contribution in [0.5, 0.6) is 0 Å². The Kier molecular flexibility index (Phi) is 19.2. The topological polar surface area (TPSA) is 199 Å². The first-order valence-electron chi connectivity index (χ1n) is 21.5. The SMILES string of the molecule is COC1[C@H](O)CC(=O)O[C@H](C)C/C=C/C=C/[C@H](O[C@H]2CC[C@H](N(C)C)[C@@H](C)O2)[C@H](C)C[C@H](CCO)[C@@H]1O[C@@H]1O[C@H](C)[C@@H](O[C@H]2C[C@@](C)(O)[C@@H](O)[C@H](C)O2)[C@H](N(C)C)[C@H]1O. The molecule has 4 heterocycles. The third-order valence-electron chi connectivity index (χ3n) is 12.5. The van der Waals surface area contributed by atoms with E-state index in [4.69, 9.17) is 37.9 Å². The van der Waals surface area contributed by atoms with Crippen molar-refractivity contribution in [1.29, 1.82) is 0 Å². The summed E-state index contributed by atoms with van der Waals surface area (Å²) in [6, 6.07) is -0.434. The monoisotopic (exact) mass is 845 g/mol. The minimum absolute atomic E-state index is 0.00565. The summed E-state index contributed by atoms with van der Waals surface area (Å²) in [6.07, 6.45) is -1.53. The van der Waals surface area contributed by atoms with Gasteiger partial charge in [-0.05, 0) is 100 Å². The second-order valence-electron chi connectivity index (χ2n) is 17.9. The predicted octanol–water partition coefficient (Wildman–Crippen LogP) is 2.12. The number of likely N-dealkylation sites (N-methyl/N-ethyl adjacent to an activating group) is 2. The first-order valence-corrected chi connectivity index (χ1v) is 21.5. The number of ether oxygens (including phenoxy) is 8. The lowest BCUT2D eigenvalue weighted by molar-refractivity contribution is -0.344. The summed E-state index contributed by atoms with van der Waals surface area (Å²) in [5, 5.41) is 55.6. The fraction of sp³-hybridized carbons (Fsp3) is 0.884. The molecule has 0 amide bonds. The van der Waals surface area contributed by atoms with Gasteiger partial charge >= 0.3 is 5.97 Å². The van der Waals surface area contributed by atoms with Crippen LogP contribution in [0.2, 0.25) is 0 Å². The molecular formula is C43H76N2O14. The van der Waals surface area contributed by atoms with Crippen molar-refractivity contribution in [2.45, 2.75) is 190 Å². The molecule has 0 saturated carbocycles. The van der Waals surface area contributed by atoms with Crippen LogP contribution in [0.3, 0.4) is 0 Å². The van der Waals surface area contributed by atoms with E-state index < -0.39 is 103 Å². The minimum atomic E-state index is -1.46. The summed E-state index contributed by atoms with van der Waals surface area (Å²) in [7, 11) is 9.10. The molecule has 4 aliphatic rings. The largest absolute Gasteiger partial charge is 0.462 e. The van der Waals surface area contributed by atoms with Gasteiger partial charge in [-0.2, -0.15) is 0 Å². The maximum Gasteiger partial charge on any atom is 0.308 e. The number of rotatable bonds is 11. The van der Waals surface area contributed by atoms with Crippen LogP contribution in [-0.2, 0) is 42.7 Å². The molecule has 5 N–H and O–H groups in total. The molecule has 0 aromatic carbocycles. The highest BCUT2D eigenvalue weighted by atomic mass is 16.7. The van der Waals surface area contributed by atoms with Crippen molar-refractivity contribution in [3.63, 3.8) is 0 Å². The second-order valence-corrected chi connectivity index (χ2v) is 17.9. The van der Waals surface area contributed by atoms with Gasteiger partial charge < -0.3 is 73.2 Å². The van der Waals surface area contributed by atoms with Gasteiger partial charge in [0.25, 0.3) is 0 Å². The lowest BCUT2D eigenvalue weighted by atomic mass is 9.82. The highest BCUT2D eigenvalue weighted by molar-refractivity contribution is 5.70. The quantitative estimate of drug-likeness (QED) is 0.190. The molecule has 0 aliphatic carbocycles. The lowest BCUT2D eigenvalue weighted by Gasteiger charge is -2.50. The van der Waals surface area contributed by atoms with E-state index in [1.807, 2.05) is 38.4 Å². The third kappa shape index (κ3) is 13.4. The second kappa shape index (κ2) is 22.7. The zero-order valence-electron chi connectivity index (χ0n) is 37.2. The Labute approximate surface area is 351 Å². The van der Waals surface area contributed by atoms with Crippen LogP contribution in [0, 0.1) is 11.8 Å². The normalized spacial score (nSPS) is 45.9. The van der Waals surface area contributed by atoms with Crippen LogP contribution in [-0.4, -0.2) is 187 Å². The van der Waals surface area contributed by atoms with Gasteiger partial charge in [-0.3, -0.25) is 4.79 Å². The average Bonchev–Trinajstić information content (AvgIpc) is 3.13. The van der Waals surface area contributed by atoms with Crippen LogP contribution in [0.15, 0.2) is 24.3 Å². The number of methoxy groups -OCH3 is 1. The Morgan fingerprint density at radius 1 is 0.847 bits per heavy atom. The van der Waals surface area contributed by atoms with Gasteiger partial charge in [0.1, 0.15) is 30.5 Å². The summed E-state index contributed by atoms with van der Waals surface area (Å²) in [4.78, 5) is 17.1. The van der Waals surface area contributed by atoms with Gasteiger partial charge in [0.15, 0.2) is 18.9 Å². The Morgan fingerprint density at radius 2 is 1.54 bits per heavy atom. The number of esters is 1. The van der Waals surface area contributed by atoms with E-state index in [9.17, 15) is 30.3 Å². The number of nitrogens with zero attached hydrogens (tertiary/aromatic N) is 2. The molecule has 4 rings (SSSR count). The van der Waals surface area contributed by atoms with E-state index in [-0.39, 0.29) is 43.9 Å². The number of hydrogen-bond acceptors (Lipinski definition) is 16. The molecule has 59 heavy (non-hydrogen) atoms. The van der Waals surface area contributed by atoms with E-state index in [2.05, 4.69) is 18.7 Å². The van der Waals surface area contributed by atoms with Gasteiger partial charge in [0, 0.05) is 32.6 Å². The Bertz CT molecular complexity index is 1330. The Morgan fingerprint density at radius 3 is 2.15 bits per heavy atom. The van der Waals surface area contributed by atoms with Gasteiger partial charge in [0.05, 0.1) is 54.7 Å². The van der Waals surface area contributed by atoms with Crippen molar-refractivity contribution < 1.29 is 68.2 Å². The number of aliphatic hydroxyl groups excluding tert-OH is 4. The number of carbonyl (C=O) groups excluding carboxylic acids is 1. The van der Waals surface area contributed by atoms with Crippen molar-refractivity contribution in [2.24, 2.45) is 11.8 Å². The van der Waals surface area contributed by atoms with Gasteiger partial charge in [0.2, 0.25) is 0 Å². The molecule has 19 atom stereocenters. The number of hydrogen-bond donors (Lipinski definition) is 5. The van der Waals surface area contributed by atoms with Crippen LogP contribution in [0.25, 0.3) is 0 Å². The van der Waals surface area contributed by atoms with Crippen LogP contribution in [0.4, 0.5) is 0 Å². The highest BCUT2D eigenvalue weighted by Crippen LogP contribution is 2.37. The number of allylic oxidation sites excluding steroid dienone is 2. The molecule has 342 valence electrons. The lowest BCUT2D eigenvalue weighted by Crippen LogP contribution is -2.65. The molecule has 0 spiro atoms. The van der Waals surface area contributed by atoms with Crippen LogP contribution < -0.4 is 0 Å². The molecule has 0 aromatic rings. The van der Waals surface area contributed by atoms with Gasteiger partial charge in [-0.1, -0.05) is 31.2 Å². The van der Waals surface area contributed by atoms with E-state index in [0.29, 0.717) is 19.3 Å². The summed E-state index contributed by atoms with van der Waals surface area (Å²) in [5.41, 5.74) is -1.46. The van der Waals surface area contributed by atoms with Gasteiger partial charge in [-0.25, -0.2) is 0 Å². The smallest absolute Gasteiger partial charge is 0.308 e. The van der Waals surface area contributed by atoms with Crippen molar-refractivity contribution in [2.75, 3.05) is 41.9 Å². The fourth-order valence-electron chi connectivity index (χ4n) is 9.19.